The maximum absolute atomic E-state index is 13.9. The van der Waals surface area contributed by atoms with Crippen molar-refractivity contribution in [3.05, 3.63) is 89.5 Å². The number of ether oxygens (including phenoxy) is 1. The highest BCUT2D eigenvalue weighted by Crippen LogP contribution is 2.44. The summed E-state index contributed by atoms with van der Waals surface area (Å²) in [7, 11) is -2.55. The first kappa shape index (κ1) is 24.8. The zero-order chi connectivity index (χ0) is 26.4. The van der Waals surface area contributed by atoms with Gasteiger partial charge in [0.25, 0.3) is 10.0 Å². The zero-order valence-electron chi connectivity index (χ0n) is 19.3. The lowest BCUT2D eigenvalue weighted by Gasteiger charge is -2.28. The molecule has 2 aromatic heterocycles. The van der Waals surface area contributed by atoms with Crippen molar-refractivity contribution in [2.24, 2.45) is 7.05 Å². The maximum Gasteiger partial charge on any atom is 0.416 e. The molecule has 1 aliphatic rings. The molecule has 0 saturated carbocycles. The third-order valence-corrected chi connectivity index (χ3v) is 7.51. The van der Waals surface area contributed by atoms with E-state index in [4.69, 9.17) is 4.74 Å². The first-order valence-electron chi connectivity index (χ1n) is 11.1. The molecule has 4 aromatic rings. The van der Waals surface area contributed by atoms with E-state index in [1.807, 2.05) is 0 Å². The molecular weight excluding hydrogens is 512 g/mol. The predicted octanol–water partition coefficient (Wildman–Crippen LogP) is 5.36. The van der Waals surface area contributed by atoms with E-state index in [1.54, 1.807) is 19.2 Å². The summed E-state index contributed by atoms with van der Waals surface area (Å²) in [5.41, 5.74) is 1.35. The lowest BCUT2D eigenvalue weighted by Crippen LogP contribution is -2.19. The van der Waals surface area contributed by atoms with Crippen molar-refractivity contribution in [2.45, 2.75) is 23.4 Å². The topological polar surface area (TPSA) is 86.1 Å². The molecule has 12 heteroatoms. The van der Waals surface area contributed by atoms with E-state index in [1.165, 1.54) is 41.3 Å². The zero-order valence-corrected chi connectivity index (χ0v) is 20.1. The molecular formula is C25H20F4N4O3S. The minimum atomic E-state index is -4.52. The highest BCUT2D eigenvalue weighted by Gasteiger charge is 2.34. The maximum atomic E-state index is 13.9. The molecule has 0 amide bonds. The second-order valence-electron chi connectivity index (χ2n) is 8.47. The Balaban J connectivity index is 1.56. The van der Waals surface area contributed by atoms with Gasteiger partial charge in [0.05, 0.1) is 22.8 Å². The summed E-state index contributed by atoms with van der Waals surface area (Å²) < 4.78 is 89.6. The van der Waals surface area contributed by atoms with E-state index in [0.29, 0.717) is 28.8 Å². The number of fused-ring (bicyclic) bond motifs is 1. The first-order chi connectivity index (χ1) is 17.5. The van der Waals surface area contributed by atoms with Crippen molar-refractivity contribution in [3.63, 3.8) is 0 Å². The molecule has 0 aliphatic carbocycles. The van der Waals surface area contributed by atoms with Crippen molar-refractivity contribution in [1.82, 2.24) is 14.8 Å². The Morgan fingerprint density at radius 3 is 2.54 bits per heavy atom. The van der Waals surface area contributed by atoms with Gasteiger partial charge in [0.1, 0.15) is 5.75 Å². The van der Waals surface area contributed by atoms with Crippen molar-refractivity contribution < 1.29 is 30.7 Å². The Morgan fingerprint density at radius 2 is 1.84 bits per heavy atom. The van der Waals surface area contributed by atoms with Gasteiger partial charge < -0.3 is 4.74 Å². The number of aromatic nitrogens is 3. The van der Waals surface area contributed by atoms with Gasteiger partial charge in [-0.2, -0.15) is 18.3 Å². The fraction of sp³-hybridized carbons (Fsp3) is 0.200. The van der Waals surface area contributed by atoms with Crippen LogP contribution in [0.1, 0.15) is 29.0 Å². The summed E-state index contributed by atoms with van der Waals surface area (Å²) in [4.78, 5) is 3.54. The third kappa shape index (κ3) is 4.76. The molecule has 0 fully saturated rings. The molecule has 2 aromatic carbocycles. The second-order valence-corrected chi connectivity index (χ2v) is 10.2. The van der Waals surface area contributed by atoms with Crippen molar-refractivity contribution >= 4 is 15.8 Å². The normalized spacial score (nSPS) is 15.6. The summed E-state index contributed by atoms with van der Waals surface area (Å²) in [5, 5.41) is 4.10. The number of nitrogens with one attached hydrogen (secondary N) is 1. The summed E-state index contributed by atoms with van der Waals surface area (Å²) in [6.45, 7) is 0.218. The Bertz CT molecular complexity index is 1590. The fourth-order valence-corrected chi connectivity index (χ4v) is 5.44. The van der Waals surface area contributed by atoms with Crippen molar-refractivity contribution in [2.75, 3.05) is 11.3 Å². The smallest absolute Gasteiger partial charge is 0.416 e. The largest absolute Gasteiger partial charge is 0.493 e. The molecule has 5 rings (SSSR count). The van der Waals surface area contributed by atoms with Crippen LogP contribution in [-0.4, -0.2) is 29.8 Å². The van der Waals surface area contributed by atoms with Crippen LogP contribution in [0.5, 0.6) is 5.75 Å². The Labute approximate surface area is 209 Å². The minimum Gasteiger partial charge on any atom is -0.493 e. The van der Waals surface area contributed by atoms with Crippen LogP contribution in [0.2, 0.25) is 0 Å². The van der Waals surface area contributed by atoms with Crippen LogP contribution >= 0.6 is 0 Å². The number of nitrogens with zero attached hydrogens (tertiary/aromatic N) is 3. The molecule has 7 nitrogen and oxygen atoms in total. The monoisotopic (exact) mass is 532 g/mol. The summed E-state index contributed by atoms with van der Waals surface area (Å²) in [5.74, 6) is -1.36. The lowest BCUT2D eigenvalue weighted by atomic mass is 9.83. The van der Waals surface area contributed by atoms with Gasteiger partial charge in [0.15, 0.2) is 11.6 Å². The van der Waals surface area contributed by atoms with Gasteiger partial charge in [0, 0.05) is 42.6 Å². The van der Waals surface area contributed by atoms with E-state index in [9.17, 15) is 26.0 Å². The van der Waals surface area contributed by atoms with Crippen LogP contribution in [0.15, 0.2) is 71.9 Å². The molecule has 1 N–H and O–H groups in total. The standard InChI is InChI=1S/C25H20F4N4O3S/c1-33-22(8-11-31-33)20-13-15(25(27,28)29)4-6-17(20)18-9-12-36-23-14-16(5-7-19(18)23)37(34,35)32-24-21(26)3-2-10-30-24/h2-8,10-11,13-14,18H,9,12H2,1H3,(H,30,32). The quantitative estimate of drug-likeness (QED) is 0.350. The van der Waals surface area contributed by atoms with Crippen molar-refractivity contribution in [1.29, 1.82) is 0 Å². The molecule has 0 bridgehead atoms. The van der Waals surface area contributed by atoms with Gasteiger partial charge in [-0.3, -0.25) is 9.40 Å². The van der Waals surface area contributed by atoms with E-state index in [-0.39, 0.29) is 23.2 Å². The van der Waals surface area contributed by atoms with Crippen LogP contribution < -0.4 is 9.46 Å². The molecule has 3 heterocycles. The van der Waals surface area contributed by atoms with Crippen molar-refractivity contribution in [3.8, 4) is 17.0 Å². The number of aryl methyl sites for hydroxylation is 1. The highest BCUT2D eigenvalue weighted by atomic mass is 32.2. The molecule has 1 atom stereocenters. The molecule has 1 aliphatic heterocycles. The summed E-state index contributed by atoms with van der Waals surface area (Å²) >= 11 is 0. The van der Waals surface area contributed by atoms with E-state index >= 15 is 0 Å². The SMILES string of the molecule is Cn1nccc1-c1cc(C(F)(F)F)ccc1C1CCOc2cc(S(=O)(=O)Nc3ncccc3F)ccc21. The van der Waals surface area contributed by atoms with E-state index < -0.39 is 33.4 Å². The van der Waals surface area contributed by atoms with Crippen LogP contribution in [0, 0.1) is 5.82 Å². The number of anilines is 1. The Morgan fingerprint density at radius 1 is 1.05 bits per heavy atom. The van der Waals surface area contributed by atoms with Crippen LogP contribution in [0.4, 0.5) is 23.4 Å². The lowest BCUT2D eigenvalue weighted by molar-refractivity contribution is -0.137. The summed E-state index contributed by atoms with van der Waals surface area (Å²) in [6, 6.07) is 11.9. The molecule has 0 spiro atoms. The molecule has 0 radical (unpaired) electrons. The number of alkyl halides is 3. The number of hydrogen-bond donors (Lipinski definition) is 1. The minimum absolute atomic E-state index is 0.170. The Kier molecular flexibility index (Phi) is 6.14. The molecule has 0 saturated heterocycles. The molecule has 37 heavy (non-hydrogen) atoms. The van der Waals surface area contributed by atoms with E-state index in [0.717, 1.165) is 18.2 Å². The average Bonchev–Trinajstić information content (AvgIpc) is 3.29. The number of rotatable bonds is 5. The van der Waals surface area contributed by atoms with Gasteiger partial charge in [0.2, 0.25) is 0 Å². The number of sulfonamides is 1. The third-order valence-electron chi connectivity index (χ3n) is 6.18. The van der Waals surface area contributed by atoms with Gasteiger partial charge in [-0.25, -0.2) is 17.8 Å². The number of pyridine rings is 1. The molecule has 192 valence electrons. The second kappa shape index (κ2) is 9.18. The highest BCUT2D eigenvalue weighted by molar-refractivity contribution is 7.92. The van der Waals surface area contributed by atoms with E-state index in [2.05, 4.69) is 14.8 Å². The number of hydrogen-bond acceptors (Lipinski definition) is 5. The van der Waals surface area contributed by atoms with Crippen LogP contribution in [0.3, 0.4) is 0 Å². The predicted molar refractivity (Wildman–Crippen MR) is 127 cm³/mol. The number of benzene rings is 2. The van der Waals surface area contributed by atoms with Gasteiger partial charge in [-0.15, -0.1) is 0 Å². The van der Waals surface area contributed by atoms with Crippen LogP contribution in [-0.2, 0) is 23.2 Å². The fourth-order valence-electron chi connectivity index (χ4n) is 4.40. The van der Waals surface area contributed by atoms with Gasteiger partial charge >= 0.3 is 6.18 Å². The van der Waals surface area contributed by atoms with Gasteiger partial charge in [-0.05, 0) is 48.4 Å². The summed E-state index contributed by atoms with van der Waals surface area (Å²) in [6.07, 6.45) is -1.30. The average molecular weight is 533 g/mol. The Hall–Kier alpha value is -3.93. The first-order valence-corrected chi connectivity index (χ1v) is 12.6. The van der Waals surface area contributed by atoms with Crippen LogP contribution in [0.25, 0.3) is 11.3 Å². The molecule has 1 unspecified atom stereocenters. The van der Waals surface area contributed by atoms with Gasteiger partial charge in [-0.1, -0.05) is 12.1 Å². The number of halogens is 4.